The number of carbonyl (C=O) groups is 1. The van der Waals surface area contributed by atoms with Gasteiger partial charge < -0.3 is 9.84 Å². The van der Waals surface area contributed by atoms with E-state index in [0.717, 1.165) is 5.56 Å². The zero-order valence-corrected chi connectivity index (χ0v) is 10.2. The average molecular weight is 265 g/mol. The monoisotopic (exact) mass is 264 g/mol. The topological polar surface area (TPSA) is 72.3 Å². The van der Waals surface area contributed by atoms with Crippen molar-refractivity contribution in [1.82, 2.24) is 10.2 Å². The number of ether oxygens (including phenoxy) is 1. The molecule has 0 aliphatic heterocycles. The van der Waals surface area contributed by atoms with Gasteiger partial charge in [0.2, 0.25) is 5.88 Å². The second-order valence-electron chi connectivity index (χ2n) is 3.60. The van der Waals surface area contributed by atoms with Crippen LogP contribution in [0.15, 0.2) is 30.3 Å². The van der Waals surface area contributed by atoms with Crippen molar-refractivity contribution >= 4 is 17.6 Å². The van der Waals surface area contributed by atoms with E-state index in [1.165, 1.54) is 12.1 Å². The van der Waals surface area contributed by atoms with Gasteiger partial charge in [0, 0.05) is 6.07 Å². The molecule has 1 aromatic heterocycles. The van der Waals surface area contributed by atoms with Gasteiger partial charge in [0.15, 0.2) is 5.69 Å². The van der Waals surface area contributed by atoms with Crippen molar-refractivity contribution in [2.45, 2.75) is 6.92 Å². The Labute approximate surface area is 108 Å². The number of benzene rings is 1. The molecule has 2 aromatic rings. The molecule has 0 saturated heterocycles. The molecular weight excluding hydrogens is 256 g/mol. The number of hydrogen-bond acceptors (Lipinski definition) is 4. The molecule has 0 amide bonds. The van der Waals surface area contributed by atoms with E-state index in [1.54, 1.807) is 12.1 Å². The fourth-order valence-electron chi connectivity index (χ4n) is 1.29. The number of carboxylic acid groups (broad SMARTS) is 1. The van der Waals surface area contributed by atoms with Crippen LogP contribution in [0.2, 0.25) is 5.02 Å². The normalized spacial score (nSPS) is 10.1. The summed E-state index contributed by atoms with van der Waals surface area (Å²) in [5, 5.41) is 16.3. The zero-order chi connectivity index (χ0) is 13.1. The van der Waals surface area contributed by atoms with E-state index in [1.807, 2.05) is 13.0 Å². The van der Waals surface area contributed by atoms with Crippen LogP contribution < -0.4 is 4.74 Å². The van der Waals surface area contributed by atoms with E-state index in [-0.39, 0.29) is 11.6 Å². The van der Waals surface area contributed by atoms with Crippen molar-refractivity contribution in [3.05, 3.63) is 46.6 Å². The molecule has 0 fully saturated rings. The summed E-state index contributed by atoms with van der Waals surface area (Å²) in [7, 11) is 0. The lowest BCUT2D eigenvalue weighted by Gasteiger charge is -2.06. The number of aromatic carboxylic acids is 1. The highest BCUT2D eigenvalue weighted by molar-refractivity contribution is 6.32. The third-order valence-corrected chi connectivity index (χ3v) is 2.46. The molecular formula is C12H9ClN2O3. The van der Waals surface area contributed by atoms with Crippen molar-refractivity contribution in [2.24, 2.45) is 0 Å². The second kappa shape index (κ2) is 5.01. The second-order valence-corrected chi connectivity index (χ2v) is 4.01. The smallest absolute Gasteiger partial charge is 0.356 e. The summed E-state index contributed by atoms with van der Waals surface area (Å²) in [6.07, 6.45) is 0. The lowest BCUT2D eigenvalue weighted by Crippen LogP contribution is -2.02. The first-order chi connectivity index (χ1) is 8.56. The summed E-state index contributed by atoms with van der Waals surface area (Å²) in [5.74, 6) is -0.507. The average Bonchev–Trinajstić information content (AvgIpc) is 2.33. The Morgan fingerprint density at radius 2 is 2.06 bits per heavy atom. The van der Waals surface area contributed by atoms with Crippen LogP contribution in [0.1, 0.15) is 16.1 Å². The van der Waals surface area contributed by atoms with Crippen LogP contribution in [0.4, 0.5) is 0 Å². The van der Waals surface area contributed by atoms with E-state index in [2.05, 4.69) is 10.2 Å². The Kier molecular flexibility index (Phi) is 3.43. The Bertz CT molecular complexity index is 584. The first kappa shape index (κ1) is 12.3. The van der Waals surface area contributed by atoms with Crippen molar-refractivity contribution in [2.75, 3.05) is 0 Å². The summed E-state index contributed by atoms with van der Waals surface area (Å²) in [6.45, 7) is 1.91. The number of carboxylic acids is 1. The van der Waals surface area contributed by atoms with Gasteiger partial charge in [-0.1, -0.05) is 17.7 Å². The highest BCUT2D eigenvalue weighted by Crippen LogP contribution is 2.28. The fourth-order valence-corrected chi connectivity index (χ4v) is 1.56. The third-order valence-electron chi connectivity index (χ3n) is 2.16. The van der Waals surface area contributed by atoms with Crippen LogP contribution >= 0.6 is 11.6 Å². The fraction of sp³-hybridized carbons (Fsp3) is 0.0833. The first-order valence-corrected chi connectivity index (χ1v) is 5.45. The van der Waals surface area contributed by atoms with Gasteiger partial charge in [-0.05, 0) is 30.7 Å². The highest BCUT2D eigenvalue weighted by atomic mass is 35.5. The van der Waals surface area contributed by atoms with Gasteiger partial charge in [0.25, 0.3) is 0 Å². The molecule has 92 valence electrons. The molecule has 0 unspecified atom stereocenters. The largest absolute Gasteiger partial charge is 0.476 e. The van der Waals surface area contributed by atoms with Gasteiger partial charge in [0.1, 0.15) is 5.75 Å². The van der Waals surface area contributed by atoms with E-state index in [9.17, 15) is 4.79 Å². The van der Waals surface area contributed by atoms with Crippen molar-refractivity contribution in [3.8, 4) is 11.6 Å². The van der Waals surface area contributed by atoms with Crippen molar-refractivity contribution in [1.29, 1.82) is 0 Å². The summed E-state index contributed by atoms with van der Waals surface area (Å²) in [5.41, 5.74) is 0.872. The van der Waals surface area contributed by atoms with Crippen molar-refractivity contribution < 1.29 is 14.6 Å². The maximum atomic E-state index is 10.6. The number of nitrogens with zero attached hydrogens (tertiary/aromatic N) is 2. The van der Waals surface area contributed by atoms with E-state index in [4.69, 9.17) is 21.4 Å². The van der Waals surface area contributed by atoms with Gasteiger partial charge in [-0.25, -0.2) is 4.79 Å². The predicted octanol–water partition coefficient (Wildman–Crippen LogP) is 2.93. The summed E-state index contributed by atoms with van der Waals surface area (Å²) >= 11 is 5.99. The van der Waals surface area contributed by atoms with Crippen LogP contribution in [0.3, 0.4) is 0 Å². The van der Waals surface area contributed by atoms with Gasteiger partial charge in [-0.15, -0.1) is 10.2 Å². The standard InChI is InChI=1S/C12H9ClN2O3/c1-7-2-4-10(8(13)6-7)18-11-5-3-9(12(16)17)14-15-11/h2-6H,1H3,(H,16,17). The molecule has 1 heterocycles. The van der Waals surface area contributed by atoms with Crippen LogP contribution in [-0.4, -0.2) is 21.3 Å². The Balaban J connectivity index is 2.21. The number of rotatable bonds is 3. The maximum absolute atomic E-state index is 10.6. The Morgan fingerprint density at radius 3 is 2.61 bits per heavy atom. The molecule has 0 spiro atoms. The van der Waals surface area contributed by atoms with Crippen molar-refractivity contribution in [3.63, 3.8) is 0 Å². The molecule has 1 N–H and O–H groups in total. The number of aryl methyl sites for hydroxylation is 1. The Hall–Kier alpha value is -2.14. The predicted molar refractivity (Wildman–Crippen MR) is 65.3 cm³/mol. The lowest BCUT2D eigenvalue weighted by molar-refractivity contribution is 0.0689. The SMILES string of the molecule is Cc1ccc(Oc2ccc(C(=O)O)nn2)c(Cl)c1. The molecule has 0 aliphatic carbocycles. The molecule has 5 nitrogen and oxygen atoms in total. The minimum absolute atomic E-state index is 0.141. The summed E-state index contributed by atoms with van der Waals surface area (Å²) in [4.78, 5) is 10.6. The lowest BCUT2D eigenvalue weighted by atomic mass is 10.2. The van der Waals surface area contributed by atoms with E-state index < -0.39 is 5.97 Å². The minimum atomic E-state index is -1.14. The zero-order valence-electron chi connectivity index (χ0n) is 9.42. The van der Waals surface area contributed by atoms with Crippen LogP contribution in [-0.2, 0) is 0 Å². The highest BCUT2D eigenvalue weighted by Gasteiger charge is 2.08. The Morgan fingerprint density at radius 1 is 1.28 bits per heavy atom. The van der Waals surface area contributed by atoms with E-state index >= 15 is 0 Å². The van der Waals surface area contributed by atoms with Crippen LogP contribution in [0.25, 0.3) is 0 Å². The van der Waals surface area contributed by atoms with Gasteiger partial charge in [0.05, 0.1) is 5.02 Å². The maximum Gasteiger partial charge on any atom is 0.356 e. The number of aromatic nitrogens is 2. The van der Waals surface area contributed by atoms with Crippen LogP contribution in [0.5, 0.6) is 11.6 Å². The molecule has 0 bridgehead atoms. The number of hydrogen-bond donors (Lipinski definition) is 1. The molecule has 0 radical (unpaired) electrons. The van der Waals surface area contributed by atoms with Gasteiger partial charge in [-0.3, -0.25) is 0 Å². The minimum Gasteiger partial charge on any atom is -0.476 e. The van der Waals surface area contributed by atoms with Gasteiger partial charge >= 0.3 is 5.97 Å². The molecule has 18 heavy (non-hydrogen) atoms. The summed E-state index contributed by atoms with van der Waals surface area (Å²) < 4.78 is 5.40. The quantitative estimate of drug-likeness (QED) is 0.923. The molecule has 0 aliphatic rings. The van der Waals surface area contributed by atoms with Gasteiger partial charge in [-0.2, -0.15) is 0 Å². The first-order valence-electron chi connectivity index (χ1n) is 5.07. The third kappa shape index (κ3) is 2.75. The number of halogens is 1. The molecule has 6 heteroatoms. The van der Waals surface area contributed by atoms with E-state index in [0.29, 0.717) is 10.8 Å². The van der Waals surface area contributed by atoms with Crippen LogP contribution in [0, 0.1) is 6.92 Å². The molecule has 2 rings (SSSR count). The molecule has 1 aromatic carbocycles. The molecule has 0 saturated carbocycles. The summed E-state index contributed by atoms with van der Waals surface area (Å²) in [6, 6.07) is 8.06. The molecule has 0 atom stereocenters.